The van der Waals surface area contributed by atoms with Gasteiger partial charge in [0.25, 0.3) is 0 Å². The average molecular weight is 524 g/mol. The number of alkyl halides is 3. The molecule has 1 aromatic carbocycles. The first kappa shape index (κ1) is 23.7. The lowest BCUT2D eigenvalue weighted by atomic mass is 10.2. The summed E-state index contributed by atoms with van der Waals surface area (Å²) in [6, 6.07) is 6.61. The minimum absolute atomic E-state index is 0. The molecule has 10 heteroatoms. The number of fused-ring (bicyclic) bond motifs is 1. The van der Waals surface area contributed by atoms with Gasteiger partial charge in [0.15, 0.2) is 5.96 Å². The lowest BCUT2D eigenvalue weighted by Crippen LogP contribution is -2.56. The molecule has 0 aliphatic carbocycles. The standard InChI is InChI=1S/C19H27F3N6.HI/c1-15(19(20,21)22)26-10-12-27(13-11-26)18(23-2)24-8-5-9-28-14-25-16-6-3-4-7-17(16)28;/h3-4,6-7,14-15H,5,8-13H2,1-2H3,(H,23,24);1H. The minimum atomic E-state index is -4.18. The van der Waals surface area contributed by atoms with Crippen molar-refractivity contribution in [3.05, 3.63) is 30.6 Å². The van der Waals surface area contributed by atoms with Crippen molar-refractivity contribution in [1.82, 2.24) is 24.7 Å². The summed E-state index contributed by atoms with van der Waals surface area (Å²) in [5.41, 5.74) is 2.10. The zero-order valence-corrected chi connectivity index (χ0v) is 19.0. The van der Waals surface area contributed by atoms with Gasteiger partial charge in [0.2, 0.25) is 0 Å². The molecule has 0 spiro atoms. The van der Waals surface area contributed by atoms with Gasteiger partial charge >= 0.3 is 6.18 Å². The Morgan fingerprint density at radius 1 is 1.21 bits per heavy atom. The number of hydrogen-bond acceptors (Lipinski definition) is 3. The Kier molecular flexibility index (Phi) is 8.56. The van der Waals surface area contributed by atoms with Crippen molar-refractivity contribution in [3.8, 4) is 0 Å². The van der Waals surface area contributed by atoms with Gasteiger partial charge in [-0.3, -0.25) is 9.89 Å². The molecule has 1 N–H and O–H groups in total. The molecule has 1 aliphatic rings. The lowest BCUT2D eigenvalue weighted by molar-refractivity contribution is -0.181. The van der Waals surface area contributed by atoms with Crippen LogP contribution < -0.4 is 5.32 Å². The van der Waals surface area contributed by atoms with Crippen molar-refractivity contribution < 1.29 is 13.2 Å². The van der Waals surface area contributed by atoms with Crippen LogP contribution in [-0.4, -0.2) is 77.3 Å². The van der Waals surface area contributed by atoms with Gasteiger partial charge in [-0.05, 0) is 25.5 Å². The number of para-hydroxylation sites is 2. The van der Waals surface area contributed by atoms with E-state index in [1.807, 2.05) is 29.4 Å². The number of nitrogens with one attached hydrogen (secondary N) is 1. The summed E-state index contributed by atoms with van der Waals surface area (Å²) in [6.07, 6.45) is -1.44. The number of hydrogen-bond donors (Lipinski definition) is 1. The summed E-state index contributed by atoms with van der Waals surface area (Å²) in [4.78, 5) is 12.2. The van der Waals surface area contributed by atoms with Gasteiger partial charge in [-0.25, -0.2) is 4.98 Å². The van der Waals surface area contributed by atoms with Crippen LogP contribution in [0.25, 0.3) is 11.0 Å². The summed E-state index contributed by atoms with van der Waals surface area (Å²) in [7, 11) is 1.70. The number of nitrogens with zero attached hydrogens (tertiary/aromatic N) is 5. The third-order valence-electron chi connectivity index (χ3n) is 5.23. The van der Waals surface area contributed by atoms with Crippen LogP contribution in [0.3, 0.4) is 0 Å². The summed E-state index contributed by atoms with van der Waals surface area (Å²) < 4.78 is 40.8. The molecule has 0 bridgehead atoms. The van der Waals surface area contributed by atoms with E-state index in [0.717, 1.165) is 36.5 Å². The Labute approximate surface area is 186 Å². The van der Waals surface area contributed by atoms with Crippen molar-refractivity contribution in [2.75, 3.05) is 39.8 Å². The van der Waals surface area contributed by atoms with Crippen LogP contribution in [0.1, 0.15) is 13.3 Å². The molecule has 0 saturated carbocycles. The van der Waals surface area contributed by atoms with E-state index >= 15 is 0 Å². The molecule has 2 heterocycles. The Morgan fingerprint density at radius 2 is 1.90 bits per heavy atom. The highest BCUT2D eigenvalue weighted by Crippen LogP contribution is 2.25. The van der Waals surface area contributed by atoms with E-state index in [-0.39, 0.29) is 24.0 Å². The van der Waals surface area contributed by atoms with E-state index in [9.17, 15) is 13.2 Å². The minimum Gasteiger partial charge on any atom is -0.356 e. The molecule has 0 amide bonds. The summed E-state index contributed by atoms with van der Waals surface area (Å²) >= 11 is 0. The lowest BCUT2D eigenvalue weighted by Gasteiger charge is -2.39. The molecule has 0 radical (unpaired) electrons. The maximum atomic E-state index is 12.9. The van der Waals surface area contributed by atoms with Crippen LogP contribution in [0.15, 0.2) is 35.6 Å². The quantitative estimate of drug-likeness (QED) is 0.283. The summed E-state index contributed by atoms with van der Waals surface area (Å²) in [6.45, 7) is 4.62. The second-order valence-electron chi connectivity index (χ2n) is 6.99. The second kappa shape index (κ2) is 10.5. The van der Waals surface area contributed by atoms with Gasteiger partial charge < -0.3 is 14.8 Å². The fourth-order valence-electron chi connectivity index (χ4n) is 3.50. The van der Waals surface area contributed by atoms with Gasteiger partial charge in [0, 0.05) is 46.3 Å². The normalized spacial score (nSPS) is 17.3. The number of rotatable bonds is 5. The largest absolute Gasteiger partial charge is 0.403 e. The number of benzene rings is 1. The Bertz CT molecular complexity index is 799. The Hall–Kier alpha value is -1.56. The number of aryl methyl sites for hydroxylation is 1. The molecule has 1 fully saturated rings. The fraction of sp³-hybridized carbons (Fsp3) is 0.579. The smallest absolute Gasteiger partial charge is 0.356 e. The number of guanidine groups is 1. The van der Waals surface area contributed by atoms with Crippen molar-refractivity contribution >= 4 is 41.0 Å². The topological polar surface area (TPSA) is 48.7 Å². The van der Waals surface area contributed by atoms with Gasteiger partial charge in [0.05, 0.1) is 17.4 Å². The third-order valence-corrected chi connectivity index (χ3v) is 5.23. The van der Waals surface area contributed by atoms with E-state index < -0.39 is 12.2 Å². The van der Waals surface area contributed by atoms with Crippen LogP contribution in [-0.2, 0) is 6.54 Å². The first-order chi connectivity index (χ1) is 13.4. The molecule has 1 aliphatic heterocycles. The van der Waals surface area contributed by atoms with Gasteiger partial charge in [-0.15, -0.1) is 24.0 Å². The number of imidazole rings is 1. The Morgan fingerprint density at radius 3 is 2.55 bits per heavy atom. The second-order valence-corrected chi connectivity index (χ2v) is 6.99. The van der Waals surface area contributed by atoms with Gasteiger partial charge in [-0.2, -0.15) is 13.2 Å². The maximum Gasteiger partial charge on any atom is 0.403 e. The first-order valence-corrected chi connectivity index (χ1v) is 9.56. The fourth-order valence-corrected chi connectivity index (χ4v) is 3.50. The summed E-state index contributed by atoms with van der Waals surface area (Å²) in [5.74, 6) is 0.745. The molecule has 1 aromatic heterocycles. The summed E-state index contributed by atoms with van der Waals surface area (Å²) in [5, 5.41) is 3.33. The maximum absolute atomic E-state index is 12.9. The van der Waals surface area contributed by atoms with Crippen LogP contribution in [0.2, 0.25) is 0 Å². The van der Waals surface area contributed by atoms with Crippen LogP contribution >= 0.6 is 24.0 Å². The van der Waals surface area contributed by atoms with E-state index in [1.165, 1.54) is 11.8 Å². The van der Waals surface area contributed by atoms with Gasteiger partial charge in [0.1, 0.15) is 6.04 Å². The molecule has 6 nitrogen and oxygen atoms in total. The van der Waals surface area contributed by atoms with Crippen LogP contribution in [0, 0.1) is 0 Å². The van der Waals surface area contributed by atoms with Crippen LogP contribution in [0.5, 0.6) is 0 Å². The molecular formula is C19H28F3IN6. The molecule has 2 aromatic rings. The van der Waals surface area contributed by atoms with Crippen molar-refractivity contribution in [1.29, 1.82) is 0 Å². The number of aliphatic imine (C=N–C) groups is 1. The van der Waals surface area contributed by atoms with Crippen molar-refractivity contribution in [2.45, 2.75) is 32.1 Å². The first-order valence-electron chi connectivity index (χ1n) is 9.56. The van der Waals surface area contributed by atoms with Gasteiger partial charge in [-0.1, -0.05) is 12.1 Å². The zero-order chi connectivity index (χ0) is 20.1. The van der Waals surface area contributed by atoms with E-state index in [0.29, 0.717) is 26.2 Å². The number of halogens is 4. The molecular weight excluding hydrogens is 496 g/mol. The Balaban J connectivity index is 0.00000300. The number of aromatic nitrogens is 2. The molecule has 3 rings (SSSR count). The monoisotopic (exact) mass is 524 g/mol. The molecule has 162 valence electrons. The highest BCUT2D eigenvalue weighted by atomic mass is 127. The SMILES string of the molecule is CN=C(NCCCn1cnc2ccccc21)N1CCN(C(C)C(F)(F)F)CC1.I. The van der Waals surface area contributed by atoms with Crippen molar-refractivity contribution in [2.24, 2.45) is 4.99 Å². The predicted molar refractivity (Wildman–Crippen MR) is 120 cm³/mol. The predicted octanol–water partition coefficient (Wildman–Crippen LogP) is 3.19. The molecule has 29 heavy (non-hydrogen) atoms. The number of piperazine rings is 1. The zero-order valence-electron chi connectivity index (χ0n) is 16.7. The average Bonchev–Trinajstić information content (AvgIpc) is 3.10. The highest BCUT2D eigenvalue weighted by molar-refractivity contribution is 14.0. The van der Waals surface area contributed by atoms with Crippen LogP contribution in [0.4, 0.5) is 13.2 Å². The van der Waals surface area contributed by atoms with E-state index in [2.05, 4.69) is 25.9 Å². The third kappa shape index (κ3) is 5.97. The molecule has 1 unspecified atom stereocenters. The van der Waals surface area contributed by atoms with E-state index in [4.69, 9.17) is 0 Å². The van der Waals surface area contributed by atoms with E-state index in [1.54, 1.807) is 7.05 Å². The molecule has 1 atom stereocenters. The van der Waals surface area contributed by atoms with Crippen molar-refractivity contribution in [3.63, 3.8) is 0 Å². The molecule has 1 saturated heterocycles. The highest BCUT2D eigenvalue weighted by Gasteiger charge is 2.41.